The Hall–Kier alpha value is -2.49. The first-order chi connectivity index (χ1) is 14.6. The number of nitrogens with zero attached hydrogens (tertiary/aromatic N) is 2. The molecule has 0 bridgehead atoms. The van der Waals surface area contributed by atoms with E-state index in [1.54, 1.807) is 11.8 Å². The number of nitrogens with two attached hydrogens (primary N) is 1. The molecule has 3 atom stereocenters. The topological polar surface area (TPSA) is 104 Å². The number of halogens is 3. The molecule has 0 radical (unpaired) electrons. The van der Waals surface area contributed by atoms with Crippen LogP contribution in [0.4, 0.5) is 18.9 Å². The van der Waals surface area contributed by atoms with Crippen LogP contribution in [0.3, 0.4) is 0 Å². The van der Waals surface area contributed by atoms with E-state index in [-0.39, 0.29) is 41.5 Å². The first-order valence-corrected chi connectivity index (χ1v) is 10.7. The van der Waals surface area contributed by atoms with Crippen LogP contribution in [0.5, 0.6) is 5.75 Å². The lowest BCUT2D eigenvalue weighted by atomic mass is 9.87. The number of alkyl halides is 2. The summed E-state index contributed by atoms with van der Waals surface area (Å²) >= 11 is 0. The zero-order valence-corrected chi connectivity index (χ0v) is 17.1. The highest BCUT2D eigenvalue weighted by Crippen LogP contribution is 2.46. The number of nitrogens with one attached hydrogen (secondary N) is 1. The van der Waals surface area contributed by atoms with E-state index < -0.39 is 40.7 Å². The average molecular weight is 438 g/mol. The van der Waals surface area contributed by atoms with Gasteiger partial charge in [0.15, 0.2) is 11.6 Å². The van der Waals surface area contributed by atoms with E-state index in [9.17, 15) is 23.5 Å². The van der Waals surface area contributed by atoms with Gasteiger partial charge < -0.3 is 15.7 Å². The molecule has 0 spiro atoms. The lowest BCUT2D eigenvalue weighted by molar-refractivity contribution is -0.0439. The van der Waals surface area contributed by atoms with Crippen molar-refractivity contribution in [2.24, 2.45) is 17.6 Å². The van der Waals surface area contributed by atoms with Crippen LogP contribution in [0, 0.1) is 24.6 Å². The number of benzene rings is 1. The van der Waals surface area contributed by atoms with Gasteiger partial charge in [0.2, 0.25) is 0 Å². The standard InChI is InChI=1S/C21H25F3N4O3/c1-9-15-13(19(30)26-20(31)28(15)11-4-5-11)17(29)14(22)16(9)27-7-10-3-2-6-21(23,24)18(25)12(10)8-27/h10-12,18,29H,2-8,25H2,1H3,(H,26,30,31). The van der Waals surface area contributed by atoms with Gasteiger partial charge in [-0.1, -0.05) is 0 Å². The van der Waals surface area contributed by atoms with E-state index in [4.69, 9.17) is 5.73 Å². The smallest absolute Gasteiger partial charge is 0.329 e. The molecule has 7 nitrogen and oxygen atoms in total. The molecule has 1 aromatic carbocycles. The summed E-state index contributed by atoms with van der Waals surface area (Å²) in [6.07, 6.45) is 2.15. The fourth-order valence-corrected chi connectivity index (χ4v) is 5.56. The molecule has 3 aliphatic rings. The molecule has 168 valence electrons. The molecule has 5 rings (SSSR count). The average Bonchev–Trinajstić information content (AvgIpc) is 3.46. The van der Waals surface area contributed by atoms with E-state index in [1.165, 1.54) is 4.57 Å². The number of aromatic nitrogens is 2. The number of H-pyrrole nitrogens is 1. The van der Waals surface area contributed by atoms with Crippen molar-refractivity contribution in [1.29, 1.82) is 0 Å². The zero-order chi connectivity index (χ0) is 22.2. The highest BCUT2D eigenvalue weighted by atomic mass is 19.3. The second-order valence-corrected chi connectivity index (χ2v) is 9.23. The number of fused-ring (bicyclic) bond motifs is 2. The van der Waals surface area contributed by atoms with Gasteiger partial charge in [0, 0.05) is 37.0 Å². The lowest BCUT2D eigenvalue weighted by Gasteiger charge is -2.28. The highest BCUT2D eigenvalue weighted by molar-refractivity contribution is 5.92. The molecule has 1 aliphatic heterocycles. The molecule has 10 heteroatoms. The van der Waals surface area contributed by atoms with Crippen LogP contribution in [0.15, 0.2) is 9.59 Å². The summed E-state index contributed by atoms with van der Waals surface area (Å²) in [5.41, 5.74) is 5.08. The maximum absolute atomic E-state index is 15.4. The summed E-state index contributed by atoms with van der Waals surface area (Å²) in [4.78, 5) is 28.7. The molecule has 2 aromatic rings. The summed E-state index contributed by atoms with van der Waals surface area (Å²) in [5.74, 6) is -5.42. The van der Waals surface area contributed by atoms with Gasteiger partial charge in [0.1, 0.15) is 5.39 Å². The lowest BCUT2D eigenvalue weighted by Crippen LogP contribution is -2.47. The maximum Gasteiger partial charge on any atom is 0.329 e. The Bertz CT molecular complexity index is 1190. The van der Waals surface area contributed by atoms with Crippen molar-refractivity contribution >= 4 is 16.6 Å². The highest BCUT2D eigenvalue weighted by Gasteiger charge is 2.50. The quantitative estimate of drug-likeness (QED) is 0.668. The molecule has 3 fully saturated rings. The fraction of sp³-hybridized carbons (Fsp3) is 0.619. The third-order valence-corrected chi connectivity index (χ3v) is 7.26. The van der Waals surface area contributed by atoms with E-state index in [0.717, 1.165) is 12.8 Å². The van der Waals surface area contributed by atoms with Crippen LogP contribution in [-0.4, -0.2) is 39.7 Å². The van der Waals surface area contributed by atoms with Crippen molar-refractivity contribution in [3.63, 3.8) is 0 Å². The largest absolute Gasteiger partial charge is 0.504 e. The molecule has 31 heavy (non-hydrogen) atoms. The van der Waals surface area contributed by atoms with Gasteiger partial charge >= 0.3 is 5.69 Å². The molecule has 2 heterocycles. The zero-order valence-electron chi connectivity index (χ0n) is 17.1. The summed E-state index contributed by atoms with van der Waals surface area (Å²) in [6, 6.07) is -1.45. The monoisotopic (exact) mass is 438 g/mol. The van der Waals surface area contributed by atoms with Crippen LogP contribution in [0.25, 0.3) is 10.9 Å². The van der Waals surface area contributed by atoms with Crippen LogP contribution < -0.4 is 21.9 Å². The van der Waals surface area contributed by atoms with Gasteiger partial charge in [-0.05, 0) is 38.5 Å². The van der Waals surface area contributed by atoms with Gasteiger partial charge in [-0.15, -0.1) is 0 Å². The van der Waals surface area contributed by atoms with Crippen molar-refractivity contribution in [3.05, 3.63) is 32.2 Å². The van der Waals surface area contributed by atoms with Crippen LogP contribution in [0.2, 0.25) is 0 Å². The van der Waals surface area contributed by atoms with Crippen LogP contribution in [-0.2, 0) is 0 Å². The second-order valence-electron chi connectivity index (χ2n) is 9.23. The van der Waals surface area contributed by atoms with E-state index >= 15 is 4.39 Å². The number of rotatable bonds is 2. The van der Waals surface area contributed by atoms with Gasteiger partial charge in [0.25, 0.3) is 11.5 Å². The Balaban J connectivity index is 1.67. The van der Waals surface area contributed by atoms with Gasteiger partial charge in [-0.3, -0.25) is 14.3 Å². The summed E-state index contributed by atoms with van der Waals surface area (Å²) in [6.45, 7) is 2.05. The molecule has 1 aromatic heterocycles. The number of hydrogen-bond donors (Lipinski definition) is 3. The van der Waals surface area contributed by atoms with E-state index in [1.807, 2.05) is 0 Å². The Labute approximate surface area is 175 Å². The van der Waals surface area contributed by atoms with Gasteiger partial charge in [0.05, 0.1) is 17.2 Å². The molecule has 4 N–H and O–H groups in total. The van der Waals surface area contributed by atoms with E-state index in [0.29, 0.717) is 24.9 Å². The third kappa shape index (κ3) is 2.98. The number of aromatic amines is 1. The Morgan fingerprint density at radius 2 is 1.90 bits per heavy atom. The molecule has 3 unspecified atom stereocenters. The number of phenols is 1. The van der Waals surface area contributed by atoms with Gasteiger partial charge in [-0.25, -0.2) is 18.0 Å². The van der Waals surface area contributed by atoms with E-state index in [2.05, 4.69) is 4.98 Å². The van der Waals surface area contributed by atoms with Crippen molar-refractivity contribution in [2.45, 2.75) is 57.0 Å². The van der Waals surface area contributed by atoms with Crippen LogP contribution >= 0.6 is 0 Å². The number of phenolic OH excluding ortho intramolecular Hbond substituents is 1. The summed E-state index contributed by atoms with van der Waals surface area (Å²) in [7, 11) is 0. The normalized spacial score (nSPS) is 28.0. The molecular weight excluding hydrogens is 413 g/mol. The predicted molar refractivity (Wildman–Crippen MR) is 109 cm³/mol. The molecule has 0 amide bonds. The number of aromatic hydroxyl groups is 1. The third-order valence-electron chi connectivity index (χ3n) is 7.26. The molecule has 2 aliphatic carbocycles. The van der Waals surface area contributed by atoms with Gasteiger partial charge in [-0.2, -0.15) is 0 Å². The van der Waals surface area contributed by atoms with Crippen molar-refractivity contribution < 1.29 is 18.3 Å². The maximum atomic E-state index is 15.4. The predicted octanol–water partition coefficient (Wildman–Crippen LogP) is 2.38. The second kappa shape index (κ2) is 6.75. The minimum atomic E-state index is -2.98. The fourth-order valence-electron chi connectivity index (χ4n) is 5.56. The SMILES string of the molecule is Cc1c(N2CC3CCCC(F)(F)C(N)C3C2)c(F)c(O)c2c(=O)[nH]c(=O)n(C3CC3)c12. The minimum absolute atomic E-state index is 0.0491. The summed E-state index contributed by atoms with van der Waals surface area (Å²) < 4.78 is 45.5. The number of anilines is 1. The van der Waals surface area contributed by atoms with Crippen molar-refractivity contribution in [2.75, 3.05) is 18.0 Å². The number of aryl methyl sites for hydroxylation is 1. The Morgan fingerprint density at radius 3 is 2.58 bits per heavy atom. The number of hydrogen-bond acceptors (Lipinski definition) is 5. The first kappa shape index (κ1) is 20.4. The molecule has 1 saturated heterocycles. The molecular formula is C21H25F3N4O3. The Morgan fingerprint density at radius 1 is 1.19 bits per heavy atom. The molecule has 2 saturated carbocycles. The summed E-state index contributed by atoms with van der Waals surface area (Å²) in [5, 5.41) is 10.3. The minimum Gasteiger partial charge on any atom is -0.504 e. The van der Waals surface area contributed by atoms with Crippen molar-refractivity contribution in [1.82, 2.24) is 9.55 Å². The van der Waals surface area contributed by atoms with Crippen LogP contribution in [0.1, 0.15) is 43.7 Å². The van der Waals surface area contributed by atoms with Crippen molar-refractivity contribution in [3.8, 4) is 5.75 Å². The Kier molecular flexibility index (Phi) is 4.45. The first-order valence-electron chi connectivity index (χ1n) is 10.7.